The van der Waals surface area contributed by atoms with E-state index in [9.17, 15) is 0 Å². The number of aromatic amines is 1. The molecule has 0 saturated heterocycles. The van der Waals surface area contributed by atoms with Crippen molar-refractivity contribution in [1.29, 1.82) is 0 Å². The van der Waals surface area contributed by atoms with Gasteiger partial charge in [0.25, 0.3) is 0 Å². The maximum absolute atomic E-state index is 5.25. The minimum atomic E-state index is 0.725. The third kappa shape index (κ3) is 2.65. The molecule has 2 heterocycles. The summed E-state index contributed by atoms with van der Waals surface area (Å²) < 4.78 is 5.25. The van der Waals surface area contributed by atoms with Gasteiger partial charge in [0.1, 0.15) is 5.82 Å². The Bertz CT molecular complexity index is 640. The first-order valence-corrected chi connectivity index (χ1v) is 6.04. The molecule has 0 spiro atoms. The molecule has 5 heteroatoms. The van der Waals surface area contributed by atoms with Crippen LogP contribution in [0.15, 0.2) is 47.5 Å². The van der Waals surface area contributed by atoms with Gasteiger partial charge in [0, 0.05) is 11.3 Å². The highest BCUT2D eigenvalue weighted by molar-refractivity contribution is 5.60. The van der Waals surface area contributed by atoms with Gasteiger partial charge in [-0.25, -0.2) is 9.97 Å². The van der Waals surface area contributed by atoms with Gasteiger partial charge in [-0.1, -0.05) is 0 Å². The van der Waals surface area contributed by atoms with Crippen LogP contribution < -0.4 is 5.32 Å². The summed E-state index contributed by atoms with van der Waals surface area (Å²) in [5, 5.41) is 3.33. The molecule has 0 amide bonds. The molecule has 3 rings (SSSR count). The lowest BCUT2D eigenvalue weighted by Gasteiger charge is -2.05. The normalized spacial score (nSPS) is 10.6. The maximum atomic E-state index is 5.25. The van der Waals surface area contributed by atoms with E-state index in [1.807, 2.05) is 37.4 Å². The third-order valence-electron chi connectivity index (χ3n) is 2.84. The number of benzene rings is 1. The van der Waals surface area contributed by atoms with Gasteiger partial charge in [-0.2, -0.15) is 0 Å². The zero-order valence-corrected chi connectivity index (χ0v) is 10.6. The standard InChI is InChI=1S/C14H14N4O/c1-10-16-6-13(18-10)7-17-12-4-2-11(3-5-12)14-8-15-9-19-14/h2-6,8-9,17H,7H2,1H3,(H,16,18). The molecule has 2 aromatic heterocycles. The number of oxazole rings is 1. The van der Waals surface area contributed by atoms with Crippen molar-refractivity contribution in [2.24, 2.45) is 0 Å². The lowest BCUT2D eigenvalue weighted by Crippen LogP contribution is -1.99. The van der Waals surface area contributed by atoms with Gasteiger partial charge in [-0.3, -0.25) is 0 Å². The molecular formula is C14H14N4O. The first-order valence-electron chi connectivity index (χ1n) is 6.04. The second-order valence-corrected chi connectivity index (χ2v) is 4.29. The van der Waals surface area contributed by atoms with Gasteiger partial charge in [0.15, 0.2) is 12.2 Å². The summed E-state index contributed by atoms with van der Waals surface area (Å²) in [4.78, 5) is 11.3. The summed E-state index contributed by atoms with van der Waals surface area (Å²) in [7, 11) is 0. The molecule has 3 aromatic rings. The Morgan fingerprint density at radius 1 is 1.21 bits per heavy atom. The van der Waals surface area contributed by atoms with Crippen molar-refractivity contribution in [3.8, 4) is 11.3 Å². The molecule has 0 unspecified atom stereocenters. The van der Waals surface area contributed by atoms with Crippen molar-refractivity contribution in [1.82, 2.24) is 15.0 Å². The minimum absolute atomic E-state index is 0.725. The zero-order chi connectivity index (χ0) is 13.1. The summed E-state index contributed by atoms with van der Waals surface area (Å²) in [6.07, 6.45) is 4.98. The second-order valence-electron chi connectivity index (χ2n) is 4.29. The number of anilines is 1. The van der Waals surface area contributed by atoms with Crippen LogP contribution in [0.25, 0.3) is 11.3 Å². The summed E-state index contributed by atoms with van der Waals surface area (Å²) >= 11 is 0. The molecule has 5 nitrogen and oxygen atoms in total. The van der Waals surface area contributed by atoms with Crippen molar-refractivity contribution in [3.05, 3.63) is 54.6 Å². The SMILES string of the molecule is Cc1ncc(CNc2ccc(-c3cnco3)cc2)[nH]1. The molecule has 0 aliphatic heterocycles. The van der Waals surface area contributed by atoms with Crippen LogP contribution in [0, 0.1) is 6.92 Å². The Kier molecular flexibility index (Phi) is 3.02. The van der Waals surface area contributed by atoms with Crippen molar-refractivity contribution < 1.29 is 4.42 Å². The lowest BCUT2D eigenvalue weighted by atomic mass is 10.1. The molecule has 0 atom stereocenters. The topological polar surface area (TPSA) is 66.7 Å². The number of aromatic nitrogens is 3. The molecule has 0 aliphatic carbocycles. The van der Waals surface area contributed by atoms with E-state index in [2.05, 4.69) is 20.3 Å². The first kappa shape index (κ1) is 11.5. The number of hydrogen-bond acceptors (Lipinski definition) is 4. The number of aryl methyl sites for hydroxylation is 1. The first-order chi connectivity index (χ1) is 9.31. The smallest absolute Gasteiger partial charge is 0.181 e. The number of nitrogens with one attached hydrogen (secondary N) is 2. The van der Waals surface area contributed by atoms with E-state index < -0.39 is 0 Å². The number of H-pyrrole nitrogens is 1. The molecule has 1 aromatic carbocycles. The van der Waals surface area contributed by atoms with Crippen LogP contribution in [0.2, 0.25) is 0 Å². The Balaban J connectivity index is 1.66. The van der Waals surface area contributed by atoms with Crippen LogP contribution in [0.3, 0.4) is 0 Å². The Hall–Kier alpha value is -2.56. The Morgan fingerprint density at radius 3 is 2.68 bits per heavy atom. The predicted octanol–water partition coefficient (Wildman–Crippen LogP) is 2.99. The molecule has 19 heavy (non-hydrogen) atoms. The summed E-state index contributed by atoms with van der Waals surface area (Å²) in [5.74, 6) is 1.70. The Labute approximate surface area is 110 Å². The highest BCUT2D eigenvalue weighted by Crippen LogP contribution is 2.20. The average molecular weight is 254 g/mol. The van der Waals surface area contributed by atoms with E-state index in [4.69, 9.17) is 4.42 Å². The molecule has 0 radical (unpaired) electrons. The van der Waals surface area contributed by atoms with Gasteiger partial charge in [-0.15, -0.1) is 0 Å². The third-order valence-corrected chi connectivity index (χ3v) is 2.84. The van der Waals surface area contributed by atoms with Crippen LogP contribution in [-0.4, -0.2) is 15.0 Å². The summed E-state index contributed by atoms with van der Waals surface area (Å²) in [6.45, 7) is 2.66. The van der Waals surface area contributed by atoms with Crippen molar-refractivity contribution in [2.45, 2.75) is 13.5 Å². The molecule has 0 aliphatic rings. The van der Waals surface area contributed by atoms with E-state index in [-0.39, 0.29) is 0 Å². The van der Waals surface area contributed by atoms with Gasteiger partial charge >= 0.3 is 0 Å². The predicted molar refractivity (Wildman–Crippen MR) is 72.6 cm³/mol. The van der Waals surface area contributed by atoms with E-state index in [0.717, 1.165) is 35.1 Å². The van der Waals surface area contributed by atoms with Crippen molar-refractivity contribution in [3.63, 3.8) is 0 Å². The van der Waals surface area contributed by atoms with Crippen LogP contribution in [-0.2, 0) is 6.54 Å². The average Bonchev–Trinajstić information content (AvgIpc) is 3.08. The zero-order valence-electron chi connectivity index (χ0n) is 10.6. The van der Waals surface area contributed by atoms with E-state index >= 15 is 0 Å². The summed E-state index contributed by atoms with van der Waals surface area (Å²) in [5.41, 5.74) is 3.13. The van der Waals surface area contributed by atoms with Crippen molar-refractivity contribution >= 4 is 5.69 Å². The van der Waals surface area contributed by atoms with Gasteiger partial charge < -0.3 is 14.7 Å². The van der Waals surface area contributed by atoms with E-state index in [1.165, 1.54) is 6.39 Å². The lowest BCUT2D eigenvalue weighted by molar-refractivity contribution is 0.572. The number of nitrogens with zero attached hydrogens (tertiary/aromatic N) is 2. The number of hydrogen-bond donors (Lipinski definition) is 2. The molecule has 2 N–H and O–H groups in total. The number of rotatable bonds is 4. The van der Waals surface area contributed by atoms with Gasteiger partial charge in [0.2, 0.25) is 0 Å². The molecule has 0 saturated carbocycles. The van der Waals surface area contributed by atoms with Crippen LogP contribution in [0.5, 0.6) is 0 Å². The molecule has 0 bridgehead atoms. The van der Waals surface area contributed by atoms with Gasteiger partial charge in [0.05, 0.1) is 24.6 Å². The quantitative estimate of drug-likeness (QED) is 0.751. The highest BCUT2D eigenvalue weighted by atomic mass is 16.3. The maximum Gasteiger partial charge on any atom is 0.181 e. The minimum Gasteiger partial charge on any atom is -0.444 e. The van der Waals surface area contributed by atoms with Crippen LogP contribution >= 0.6 is 0 Å². The van der Waals surface area contributed by atoms with Gasteiger partial charge in [-0.05, 0) is 31.2 Å². The van der Waals surface area contributed by atoms with E-state index in [1.54, 1.807) is 6.20 Å². The fourth-order valence-electron chi connectivity index (χ4n) is 1.87. The largest absolute Gasteiger partial charge is 0.444 e. The molecule has 0 fully saturated rings. The van der Waals surface area contributed by atoms with Crippen LogP contribution in [0.4, 0.5) is 5.69 Å². The summed E-state index contributed by atoms with van der Waals surface area (Å²) in [6, 6.07) is 8.03. The van der Waals surface area contributed by atoms with Crippen molar-refractivity contribution in [2.75, 3.05) is 5.32 Å². The fourth-order valence-corrected chi connectivity index (χ4v) is 1.87. The highest BCUT2D eigenvalue weighted by Gasteiger charge is 2.01. The Morgan fingerprint density at radius 2 is 2.05 bits per heavy atom. The van der Waals surface area contributed by atoms with Crippen LogP contribution in [0.1, 0.15) is 11.5 Å². The number of imidazole rings is 1. The fraction of sp³-hybridized carbons (Fsp3) is 0.143. The molecular weight excluding hydrogens is 240 g/mol. The van der Waals surface area contributed by atoms with E-state index in [0.29, 0.717) is 0 Å². The molecule has 96 valence electrons. The monoisotopic (exact) mass is 254 g/mol. The second kappa shape index (κ2) is 4.97.